The minimum absolute atomic E-state index is 0.0630. The third kappa shape index (κ3) is 2.80. The molecule has 3 aromatic rings. The van der Waals surface area contributed by atoms with Crippen molar-refractivity contribution in [1.82, 2.24) is 14.6 Å². The fourth-order valence-corrected chi connectivity index (χ4v) is 3.89. The third-order valence-corrected chi connectivity index (χ3v) is 5.23. The molecule has 0 bridgehead atoms. The molecule has 126 valence electrons. The molecule has 2 aromatic heterocycles. The molecule has 1 aromatic carbocycles. The number of phenols is 1. The molecule has 0 radical (unpaired) electrons. The van der Waals surface area contributed by atoms with E-state index in [2.05, 4.69) is 25.8 Å². The largest absolute Gasteiger partial charge is 0.507 e. The number of nitrogens with one attached hydrogen (secondary N) is 1. The van der Waals surface area contributed by atoms with Crippen molar-refractivity contribution in [2.45, 2.75) is 31.4 Å². The molecular weight excluding hydrogens is 336 g/mol. The summed E-state index contributed by atoms with van der Waals surface area (Å²) in [7, 11) is 0. The number of aliphatic hydroxyl groups is 1. The summed E-state index contributed by atoms with van der Waals surface area (Å²) in [4.78, 5) is 0. The molecule has 1 saturated carbocycles. The Labute approximate surface area is 148 Å². The molecule has 6 nitrogen and oxygen atoms in total. The van der Waals surface area contributed by atoms with Crippen LogP contribution < -0.4 is 5.32 Å². The zero-order valence-electron chi connectivity index (χ0n) is 13.5. The van der Waals surface area contributed by atoms with Crippen LogP contribution in [0.25, 0.3) is 21.3 Å². The van der Waals surface area contributed by atoms with Gasteiger partial charge in [0.05, 0.1) is 11.8 Å². The van der Waals surface area contributed by atoms with Crippen molar-refractivity contribution in [1.29, 1.82) is 0 Å². The van der Waals surface area contributed by atoms with Crippen molar-refractivity contribution >= 4 is 27.4 Å². The monoisotopic (exact) mass is 352 g/mol. The van der Waals surface area contributed by atoms with Gasteiger partial charge in [-0.15, -0.1) is 16.6 Å². The SMILES string of the molecule is C#Cc1ccc(-c2nnc(NC3CC(C)(O)C3)c3sncc23)c(O)c1. The van der Waals surface area contributed by atoms with Crippen molar-refractivity contribution in [3.05, 3.63) is 30.0 Å². The molecule has 0 aliphatic heterocycles. The first-order chi connectivity index (χ1) is 12.0. The molecule has 0 saturated heterocycles. The van der Waals surface area contributed by atoms with Gasteiger partial charge in [-0.3, -0.25) is 0 Å². The van der Waals surface area contributed by atoms with Gasteiger partial charge in [0.1, 0.15) is 16.1 Å². The van der Waals surface area contributed by atoms with Crippen LogP contribution in [0, 0.1) is 12.3 Å². The number of fused-ring (bicyclic) bond motifs is 1. The maximum atomic E-state index is 10.3. The van der Waals surface area contributed by atoms with Gasteiger partial charge in [-0.2, -0.15) is 4.37 Å². The minimum Gasteiger partial charge on any atom is -0.507 e. The van der Waals surface area contributed by atoms with Gasteiger partial charge in [0.15, 0.2) is 5.82 Å². The highest BCUT2D eigenvalue weighted by Crippen LogP contribution is 2.38. The summed E-state index contributed by atoms with van der Waals surface area (Å²) in [5.74, 6) is 3.21. The highest BCUT2D eigenvalue weighted by molar-refractivity contribution is 7.14. The molecule has 1 fully saturated rings. The molecule has 0 atom stereocenters. The first-order valence-corrected chi connectivity index (χ1v) is 8.64. The average molecular weight is 352 g/mol. The van der Waals surface area contributed by atoms with Crippen LogP contribution in [-0.2, 0) is 0 Å². The molecule has 4 rings (SSSR count). The fraction of sp³-hybridized carbons (Fsp3) is 0.278. The Morgan fingerprint density at radius 2 is 2.16 bits per heavy atom. The number of anilines is 1. The van der Waals surface area contributed by atoms with Gasteiger partial charge in [-0.25, -0.2) is 0 Å². The van der Waals surface area contributed by atoms with Crippen molar-refractivity contribution in [3.63, 3.8) is 0 Å². The van der Waals surface area contributed by atoms with E-state index in [4.69, 9.17) is 6.42 Å². The number of hydrogen-bond acceptors (Lipinski definition) is 7. The molecule has 1 aliphatic rings. The van der Waals surface area contributed by atoms with E-state index in [9.17, 15) is 10.2 Å². The zero-order valence-corrected chi connectivity index (χ0v) is 14.3. The number of aromatic hydroxyl groups is 1. The molecule has 3 N–H and O–H groups in total. The molecule has 0 amide bonds. The van der Waals surface area contributed by atoms with E-state index in [1.165, 1.54) is 17.6 Å². The van der Waals surface area contributed by atoms with Gasteiger partial charge in [-0.1, -0.05) is 5.92 Å². The lowest BCUT2D eigenvalue weighted by Crippen LogP contribution is -2.48. The van der Waals surface area contributed by atoms with E-state index in [0.29, 0.717) is 35.5 Å². The number of benzene rings is 1. The highest BCUT2D eigenvalue weighted by Gasteiger charge is 2.38. The quantitative estimate of drug-likeness (QED) is 0.628. The van der Waals surface area contributed by atoms with Crippen LogP contribution in [0.3, 0.4) is 0 Å². The summed E-state index contributed by atoms with van der Waals surface area (Å²) in [6, 6.07) is 5.20. The average Bonchev–Trinajstić information content (AvgIpc) is 3.04. The van der Waals surface area contributed by atoms with E-state index in [1.54, 1.807) is 18.3 Å². The summed E-state index contributed by atoms with van der Waals surface area (Å²) < 4.78 is 5.12. The minimum atomic E-state index is -0.609. The lowest BCUT2D eigenvalue weighted by molar-refractivity contribution is -0.0235. The zero-order chi connectivity index (χ0) is 17.6. The van der Waals surface area contributed by atoms with Gasteiger partial charge < -0.3 is 15.5 Å². The van der Waals surface area contributed by atoms with E-state index in [1.807, 2.05) is 6.92 Å². The first kappa shape index (κ1) is 15.8. The smallest absolute Gasteiger partial charge is 0.168 e. The highest BCUT2D eigenvalue weighted by atomic mass is 32.1. The Bertz CT molecular complexity index is 998. The predicted molar refractivity (Wildman–Crippen MR) is 97.5 cm³/mol. The molecule has 0 spiro atoms. The van der Waals surface area contributed by atoms with E-state index in [0.717, 1.165) is 10.1 Å². The number of rotatable bonds is 3. The molecule has 2 heterocycles. The van der Waals surface area contributed by atoms with E-state index < -0.39 is 5.60 Å². The summed E-state index contributed by atoms with van der Waals surface area (Å²) >= 11 is 1.32. The van der Waals surface area contributed by atoms with Crippen LogP contribution >= 0.6 is 11.5 Å². The Balaban J connectivity index is 1.72. The maximum absolute atomic E-state index is 10.3. The van der Waals surface area contributed by atoms with Gasteiger partial charge in [0.2, 0.25) is 0 Å². The van der Waals surface area contributed by atoms with Crippen LogP contribution in [0.15, 0.2) is 24.4 Å². The topological polar surface area (TPSA) is 91.2 Å². The second-order valence-electron chi connectivity index (χ2n) is 6.59. The lowest BCUT2D eigenvalue weighted by Gasteiger charge is -2.41. The molecule has 1 aliphatic carbocycles. The molecule has 25 heavy (non-hydrogen) atoms. The van der Waals surface area contributed by atoms with Crippen LogP contribution in [-0.4, -0.2) is 36.4 Å². The van der Waals surface area contributed by atoms with Gasteiger partial charge in [0.25, 0.3) is 0 Å². The molecule has 7 heteroatoms. The Morgan fingerprint density at radius 3 is 2.84 bits per heavy atom. The summed E-state index contributed by atoms with van der Waals surface area (Å²) in [6.07, 6.45) is 8.43. The summed E-state index contributed by atoms with van der Waals surface area (Å²) in [5.41, 5.74) is 1.12. The van der Waals surface area contributed by atoms with Crippen LogP contribution in [0.5, 0.6) is 5.75 Å². The Kier molecular flexibility index (Phi) is 3.60. The van der Waals surface area contributed by atoms with Crippen LogP contribution in [0.1, 0.15) is 25.3 Å². The molecule has 0 unspecified atom stereocenters. The van der Waals surface area contributed by atoms with Crippen LogP contribution in [0.2, 0.25) is 0 Å². The van der Waals surface area contributed by atoms with Gasteiger partial charge in [-0.05, 0) is 49.5 Å². The summed E-state index contributed by atoms with van der Waals surface area (Å²) in [5, 5.41) is 32.9. The Morgan fingerprint density at radius 1 is 1.36 bits per heavy atom. The second-order valence-corrected chi connectivity index (χ2v) is 7.39. The normalized spacial score (nSPS) is 22.4. The van der Waals surface area contributed by atoms with Crippen molar-refractivity contribution in [2.75, 3.05) is 5.32 Å². The Hall–Kier alpha value is -2.69. The maximum Gasteiger partial charge on any atom is 0.168 e. The number of terminal acetylenes is 1. The number of phenolic OH excluding ortho intramolecular Hbond substituents is 1. The van der Waals surface area contributed by atoms with Crippen molar-refractivity contribution in [2.24, 2.45) is 0 Å². The first-order valence-electron chi connectivity index (χ1n) is 7.87. The van der Waals surface area contributed by atoms with E-state index >= 15 is 0 Å². The number of hydrogen-bond donors (Lipinski definition) is 3. The summed E-state index contributed by atoms with van der Waals surface area (Å²) in [6.45, 7) is 1.82. The molecular formula is C18H16N4O2S. The number of aromatic nitrogens is 3. The fourth-order valence-electron chi connectivity index (χ4n) is 3.19. The van der Waals surface area contributed by atoms with Gasteiger partial charge >= 0.3 is 0 Å². The second kappa shape index (κ2) is 5.69. The predicted octanol–water partition coefficient (Wildman–Crippen LogP) is 2.77. The van der Waals surface area contributed by atoms with Crippen molar-refractivity contribution in [3.8, 4) is 29.4 Å². The van der Waals surface area contributed by atoms with Crippen molar-refractivity contribution < 1.29 is 10.2 Å². The number of nitrogens with zero attached hydrogens (tertiary/aromatic N) is 3. The van der Waals surface area contributed by atoms with Crippen LogP contribution in [0.4, 0.5) is 5.82 Å². The third-order valence-electron chi connectivity index (χ3n) is 4.42. The lowest BCUT2D eigenvalue weighted by atomic mass is 9.77. The van der Waals surface area contributed by atoms with E-state index in [-0.39, 0.29) is 11.8 Å². The van der Waals surface area contributed by atoms with Gasteiger partial charge in [0, 0.05) is 22.6 Å². The standard InChI is InChI=1S/C18H16N4O2S/c1-3-10-4-5-12(14(23)6-10)15-13-9-19-25-16(13)17(22-21-15)20-11-7-18(2,24)8-11/h1,4-6,9,11,23-24H,7-8H2,2H3,(H,20,22).